The van der Waals surface area contributed by atoms with Gasteiger partial charge >= 0.3 is 7.75 Å². The highest BCUT2D eigenvalue weighted by molar-refractivity contribution is 7.52. The van der Waals surface area contributed by atoms with Gasteiger partial charge in [0.05, 0.1) is 13.2 Å². The van der Waals surface area contributed by atoms with E-state index in [2.05, 4.69) is 0 Å². The molecule has 2 rings (SSSR count). The van der Waals surface area contributed by atoms with Crippen LogP contribution < -0.4 is 0 Å². The van der Waals surface area contributed by atoms with Crippen molar-refractivity contribution in [2.75, 3.05) is 13.2 Å². The van der Waals surface area contributed by atoms with Crippen molar-refractivity contribution in [3.63, 3.8) is 0 Å². The number of hydrogen-bond donors (Lipinski definition) is 0. The molecule has 0 bridgehead atoms. The summed E-state index contributed by atoms with van der Waals surface area (Å²) in [5, 5.41) is 0. The average molecular weight is 321 g/mol. The van der Waals surface area contributed by atoms with E-state index in [1.807, 2.05) is 30.3 Å². The van der Waals surface area contributed by atoms with E-state index >= 15 is 0 Å². The number of rotatable bonds is 8. The predicted molar refractivity (Wildman–Crippen MR) is 85.2 cm³/mol. The van der Waals surface area contributed by atoms with Gasteiger partial charge in [-0.3, -0.25) is 18.2 Å². The van der Waals surface area contributed by atoms with Crippen molar-refractivity contribution >= 4 is 13.5 Å². The molecule has 2 aromatic rings. The predicted octanol–water partition coefficient (Wildman–Crippen LogP) is 3.94. The molecule has 1 aromatic carbocycles. The van der Waals surface area contributed by atoms with Crippen LogP contribution in [0.4, 0.5) is 0 Å². The fourth-order valence-corrected chi connectivity index (χ4v) is 3.57. The number of aromatic nitrogens is 1. The molecule has 1 heterocycles. The van der Waals surface area contributed by atoms with Crippen LogP contribution in [0.25, 0.3) is 0 Å². The maximum absolute atomic E-state index is 12.6. The van der Waals surface area contributed by atoms with Gasteiger partial charge in [-0.2, -0.15) is 0 Å². The van der Waals surface area contributed by atoms with E-state index in [1.54, 1.807) is 26.1 Å². The van der Waals surface area contributed by atoms with E-state index in [4.69, 9.17) is 9.05 Å². The second kappa shape index (κ2) is 7.54. The number of nitrogens with zero attached hydrogens (tertiary/aromatic N) is 1. The number of Topliss-reactive ketones (excluding diaryl/α,β-unsaturated/α-hetero) is 1. The molecule has 0 saturated heterocycles. The third-order valence-electron chi connectivity index (χ3n) is 3.07. The van der Waals surface area contributed by atoms with Crippen LogP contribution >= 0.6 is 7.75 Å². The zero-order valence-corrected chi connectivity index (χ0v) is 13.7. The highest BCUT2D eigenvalue weighted by Crippen LogP contribution is 2.49. The van der Waals surface area contributed by atoms with Crippen molar-refractivity contribution in [2.45, 2.75) is 20.3 Å². The summed E-state index contributed by atoms with van der Waals surface area (Å²) in [6.07, 6.45) is 3.39. The Labute approximate surface area is 130 Å². The SMILES string of the molecule is CCOP(=O)(OCC)n1ccc(C(=O)Cc2ccccc2)c1. The molecule has 118 valence electrons. The van der Waals surface area contributed by atoms with Crippen LogP contribution in [0.5, 0.6) is 0 Å². The molecule has 0 N–H and O–H groups in total. The van der Waals surface area contributed by atoms with E-state index in [-0.39, 0.29) is 19.0 Å². The molecule has 22 heavy (non-hydrogen) atoms. The molecule has 0 aliphatic carbocycles. The van der Waals surface area contributed by atoms with Gasteiger partial charge in [0, 0.05) is 24.4 Å². The first-order chi connectivity index (χ1) is 10.6. The van der Waals surface area contributed by atoms with Crippen molar-refractivity contribution in [1.82, 2.24) is 4.34 Å². The average Bonchev–Trinajstić information content (AvgIpc) is 2.99. The molecule has 0 atom stereocenters. The van der Waals surface area contributed by atoms with E-state index in [9.17, 15) is 9.36 Å². The Morgan fingerprint density at radius 3 is 2.32 bits per heavy atom. The van der Waals surface area contributed by atoms with Gasteiger partial charge in [-0.1, -0.05) is 30.3 Å². The van der Waals surface area contributed by atoms with Crippen molar-refractivity contribution in [3.05, 3.63) is 59.9 Å². The Morgan fingerprint density at radius 1 is 1.09 bits per heavy atom. The first kappa shape index (κ1) is 16.7. The quantitative estimate of drug-likeness (QED) is 0.546. The molecule has 0 unspecified atom stereocenters. The molecule has 6 heteroatoms. The van der Waals surface area contributed by atoms with E-state index in [0.29, 0.717) is 12.0 Å². The lowest BCUT2D eigenvalue weighted by molar-refractivity contribution is 0.0993. The van der Waals surface area contributed by atoms with Gasteiger partial charge in [0.1, 0.15) is 0 Å². The largest absolute Gasteiger partial charge is 0.438 e. The van der Waals surface area contributed by atoms with Crippen LogP contribution in [-0.4, -0.2) is 23.3 Å². The van der Waals surface area contributed by atoms with Gasteiger partial charge in [0.15, 0.2) is 5.78 Å². The summed E-state index contributed by atoms with van der Waals surface area (Å²) in [5.74, 6) is -0.0375. The smallest absolute Gasteiger partial charge is 0.294 e. The lowest BCUT2D eigenvalue weighted by atomic mass is 10.1. The minimum Gasteiger partial charge on any atom is -0.294 e. The standard InChI is InChI=1S/C16H20NO4P/c1-3-20-22(19,21-4-2)17-11-10-15(13-17)16(18)12-14-8-6-5-7-9-14/h5-11,13H,3-4,12H2,1-2H3. The first-order valence-corrected chi connectivity index (χ1v) is 8.73. The second-order valence-corrected chi connectivity index (χ2v) is 6.59. The Kier molecular flexibility index (Phi) is 5.72. The zero-order valence-electron chi connectivity index (χ0n) is 12.8. The Balaban J connectivity index is 2.16. The van der Waals surface area contributed by atoms with E-state index in [1.165, 1.54) is 10.5 Å². The Morgan fingerprint density at radius 2 is 1.73 bits per heavy atom. The maximum Gasteiger partial charge on any atom is 0.438 e. The summed E-state index contributed by atoms with van der Waals surface area (Å²) < 4.78 is 24.5. The van der Waals surface area contributed by atoms with Crippen LogP contribution in [0.1, 0.15) is 29.8 Å². The first-order valence-electron chi connectivity index (χ1n) is 7.24. The fourth-order valence-electron chi connectivity index (χ4n) is 2.08. The number of ketones is 1. The van der Waals surface area contributed by atoms with Crippen LogP contribution in [0, 0.1) is 0 Å². The number of carbonyl (C=O) groups excluding carboxylic acids is 1. The van der Waals surface area contributed by atoms with Crippen LogP contribution in [0.15, 0.2) is 48.8 Å². The monoisotopic (exact) mass is 321 g/mol. The van der Waals surface area contributed by atoms with Crippen molar-refractivity contribution in [1.29, 1.82) is 0 Å². The topological polar surface area (TPSA) is 57.5 Å². The van der Waals surface area contributed by atoms with Gasteiger partial charge < -0.3 is 0 Å². The molecule has 0 spiro atoms. The molecular formula is C16H20NO4P. The summed E-state index contributed by atoms with van der Waals surface area (Å²) >= 11 is 0. The van der Waals surface area contributed by atoms with Crippen molar-refractivity contribution < 1.29 is 18.4 Å². The molecule has 0 aliphatic heterocycles. The summed E-state index contributed by atoms with van der Waals surface area (Å²) in [6, 6.07) is 11.1. The molecular weight excluding hydrogens is 301 g/mol. The molecule has 0 fully saturated rings. The molecule has 0 amide bonds. The summed E-state index contributed by atoms with van der Waals surface area (Å²) in [7, 11) is -3.41. The summed E-state index contributed by atoms with van der Waals surface area (Å²) in [4.78, 5) is 12.3. The number of benzene rings is 1. The van der Waals surface area contributed by atoms with E-state index in [0.717, 1.165) is 5.56 Å². The third-order valence-corrected chi connectivity index (χ3v) is 5.06. The van der Waals surface area contributed by atoms with Crippen LogP contribution in [-0.2, 0) is 20.0 Å². The summed E-state index contributed by atoms with van der Waals surface area (Å²) in [6.45, 7) is 4.03. The van der Waals surface area contributed by atoms with Crippen molar-refractivity contribution in [2.24, 2.45) is 0 Å². The van der Waals surface area contributed by atoms with Crippen molar-refractivity contribution in [3.8, 4) is 0 Å². The molecule has 0 radical (unpaired) electrons. The normalized spacial score (nSPS) is 11.5. The third kappa shape index (κ3) is 3.95. The van der Waals surface area contributed by atoms with Crippen LogP contribution in [0.2, 0.25) is 0 Å². The molecule has 0 aliphatic rings. The minimum atomic E-state index is -3.41. The molecule has 5 nitrogen and oxygen atoms in total. The Hall–Kier alpha value is -1.68. The Bertz CT molecular complexity index is 656. The highest BCUT2D eigenvalue weighted by Gasteiger charge is 2.26. The second-order valence-electron chi connectivity index (χ2n) is 4.67. The van der Waals surface area contributed by atoms with Gasteiger partial charge in [-0.05, 0) is 25.5 Å². The zero-order chi connectivity index (χ0) is 16.0. The van der Waals surface area contributed by atoms with Gasteiger partial charge in [0.25, 0.3) is 0 Å². The lowest BCUT2D eigenvalue weighted by Gasteiger charge is -2.17. The lowest BCUT2D eigenvalue weighted by Crippen LogP contribution is -2.05. The molecule has 0 saturated carbocycles. The highest BCUT2D eigenvalue weighted by atomic mass is 31.2. The number of carbonyl (C=O) groups is 1. The van der Waals surface area contributed by atoms with Crippen LogP contribution in [0.3, 0.4) is 0 Å². The van der Waals surface area contributed by atoms with Gasteiger partial charge in [-0.15, -0.1) is 0 Å². The maximum atomic E-state index is 12.6. The van der Waals surface area contributed by atoms with Gasteiger partial charge in [0.2, 0.25) is 0 Å². The summed E-state index contributed by atoms with van der Waals surface area (Å²) in [5.41, 5.74) is 1.43. The van der Waals surface area contributed by atoms with Gasteiger partial charge in [-0.25, -0.2) is 4.57 Å². The van der Waals surface area contributed by atoms with E-state index < -0.39 is 7.75 Å². The number of hydrogen-bond acceptors (Lipinski definition) is 4. The molecule has 1 aromatic heterocycles. The fraction of sp³-hybridized carbons (Fsp3) is 0.312. The minimum absolute atomic E-state index is 0.0375.